The number of methoxy groups -OCH3 is 2. The topological polar surface area (TPSA) is 64.8 Å². The molecule has 6 heteroatoms. The molecule has 20 heavy (non-hydrogen) atoms. The molecule has 1 heterocycles. The van der Waals surface area contributed by atoms with Crippen LogP contribution in [0, 0.1) is 6.92 Å². The molecule has 0 bridgehead atoms. The van der Waals surface area contributed by atoms with Crippen LogP contribution in [0.4, 0.5) is 0 Å². The van der Waals surface area contributed by atoms with Crippen molar-refractivity contribution in [2.75, 3.05) is 27.3 Å². The number of carbonyl (C=O) groups excluding carboxylic acids is 1. The molecule has 1 aliphatic rings. The Balaban J connectivity index is 0.00000200. The number of amides is 1. The maximum absolute atomic E-state index is 12.4. The predicted octanol–water partition coefficient (Wildman–Crippen LogP) is 1.61. The van der Waals surface area contributed by atoms with E-state index in [1.165, 1.54) is 0 Å². The van der Waals surface area contributed by atoms with Crippen LogP contribution in [-0.4, -0.2) is 44.2 Å². The van der Waals surface area contributed by atoms with Gasteiger partial charge in [0.15, 0.2) is 0 Å². The summed E-state index contributed by atoms with van der Waals surface area (Å²) < 4.78 is 10.6. The smallest absolute Gasteiger partial charge is 0.254 e. The van der Waals surface area contributed by atoms with Crippen molar-refractivity contribution in [3.63, 3.8) is 0 Å². The fraction of sp³-hybridized carbons (Fsp3) is 0.500. The second kappa shape index (κ2) is 6.81. The molecule has 1 saturated heterocycles. The molecule has 2 rings (SSSR count). The van der Waals surface area contributed by atoms with E-state index in [-0.39, 0.29) is 24.4 Å². The third-order valence-corrected chi connectivity index (χ3v) is 3.51. The average Bonchev–Trinajstić information content (AvgIpc) is 2.85. The van der Waals surface area contributed by atoms with E-state index in [1.807, 2.05) is 6.92 Å². The Morgan fingerprint density at radius 2 is 1.85 bits per heavy atom. The summed E-state index contributed by atoms with van der Waals surface area (Å²) in [6.07, 6.45) is 0.853. The first-order valence-corrected chi connectivity index (χ1v) is 6.34. The highest BCUT2D eigenvalue weighted by molar-refractivity contribution is 5.95. The summed E-state index contributed by atoms with van der Waals surface area (Å²) in [6.45, 7) is 3.22. The van der Waals surface area contributed by atoms with Gasteiger partial charge >= 0.3 is 0 Å². The molecule has 112 valence electrons. The number of benzene rings is 1. The van der Waals surface area contributed by atoms with Gasteiger partial charge in [-0.25, -0.2) is 0 Å². The molecule has 5 nitrogen and oxygen atoms in total. The number of hydrogen-bond donors (Lipinski definition) is 1. The van der Waals surface area contributed by atoms with Crippen molar-refractivity contribution in [1.82, 2.24) is 4.90 Å². The van der Waals surface area contributed by atoms with E-state index in [0.29, 0.717) is 30.2 Å². The van der Waals surface area contributed by atoms with E-state index in [2.05, 4.69) is 0 Å². The molecule has 2 N–H and O–H groups in total. The second-order valence-corrected chi connectivity index (χ2v) is 4.81. The van der Waals surface area contributed by atoms with Crippen molar-refractivity contribution in [3.8, 4) is 11.5 Å². The van der Waals surface area contributed by atoms with Crippen LogP contribution in [0.15, 0.2) is 12.1 Å². The van der Waals surface area contributed by atoms with Gasteiger partial charge in [-0.1, -0.05) is 0 Å². The lowest BCUT2D eigenvalue weighted by molar-refractivity contribution is 0.0790. The number of nitrogens with two attached hydrogens (primary N) is 1. The molecule has 0 radical (unpaired) electrons. The highest BCUT2D eigenvalue weighted by Gasteiger charge is 2.25. The summed E-state index contributed by atoms with van der Waals surface area (Å²) >= 11 is 0. The molecule has 1 unspecified atom stereocenters. The van der Waals surface area contributed by atoms with Crippen molar-refractivity contribution >= 4 is 18.3 Å². The normalized spacial score (nSPS) is 17.6. The standard InChI is InChI=1S/C14H20N2O3.ClH/c1-9-12(18-2)6-10(7-13(9)19-3)14(17)16-5-4-11(15)8-16;/h6-7,11H,4-5,8,15H2,1-3H3;1H. The summed E-state index contributed by atoms with van der Waals surface area (Å²) in [5, 5.41) is 0. The second-order valence-electron chi connectivity index (χ2n) is 4.81. The monoisotopic (exact) mass is 300 g/mol. The summed E-state index contributed by atoms with van der Waals surface area (Å²) in [4.78, 5) is 14.2. The fourth-order valence-corrected chi connectivity index (χ4v) is 2.36. The number of carbonyl (C=O) groups is 1. The highest BCUT2D eigenvalue weighted by atomic mass is 35.5. The first-order valence-electron chi connectivity index (χ1n) is 6.34. The Morgan fingerprint density at radius 3 is 2.25 bits per heavy atom. The Labute approximate surface area is 125 Å². The minimum Gasteiger partial charge on any atom is -0.496 e. The largest absolute Gasteiger partial charge is 0.496 e. The van der Waals surface area contributed by atoms with Gasteiger partial charge in [0.2, 0.25) is 0 Å². The number of rotatable bonds is 3. The SMILES string of the molecule is COc1cc(C(=O)N2CCC(N)C2)cc(OC)c1C.Cl. The van der Waals surface area contributed by atoms with Crippen molar-refractivity contribution < 1.29 is 14.3 Å². The van der Waals surface area contributed by atoms with Gasteiger partial charge in [-0.15, -0.1) is 12.4 Å². The molecule has 0 aromatic heterocycles. The molecule has 1 aliphatic heterocycles. The lowest BCUT2D eigenvalue weighted by Crippen LogP contribution is -2.31. The third-order valence-electron chi connectivity index (χ3n) is 3.51. The van der Waals surface area contributed by atoms with Crippen LogP contribution in [0.1, 0.15) is 22.3 Å². The molecular weight excluding hydrogens is 280 g/mol. The van der Waals surface area contributed by atoms with Gasteiger partial charge < -0.3 is 20.1 Å². The molecule has 1 amide bonds. The number of ether oxygens (including phenoxy) is 2. The predicted molar refractivity (Wildman–Crippen MR) is 80.0 cm³/mol. The van der Waals surface area contributed by atoms with Gasteiger partial charge in [0, 0.05) is 30.3 Å². The lowest BCUT2D eigenvalue weighted by atomic mass is 10.1. The van der Waals surface area contributed by atoms with E-state index in [9.17, 15) is 4.79 Å². The van der Waals surface area contributed by atoms with Crippen molar-refractivity contribution in [1.29, 1.82) is 0 Å². The van der Waals surface area contributed by atoms with E-state index < -0.39 is 0 Å². The summed E-state index contributed by atoms with van der Waals surface area (Å²) in [5.74, 6) is 1.29. The van der Waals surface area contributed by atoms with Crippen LogP contribution in [0.5, 0.6) is 11.5 Å². The quantitative estimate of drug-likeness (QED) is 0.921. The molecule has 0 aliphatic carbocycles. The zero-order chi connectivity index (χ0) is 14.0. The average molecular weight is 301 g/mol. The molecule has 0 spiro atoms. The third kappa shape index (κ3) is 3.16. The van der Waals surface area contributed by atoms with Gasteiger partial charge in [0.1, 0.15) is 11.5 Å². The summed E-state index contributed by atoms with van der Waals surface area (Å²) in [7, 11) is 3.17. The minimum absolute atomic E-state index is 0. The Bertz CT molecular complexity index is 468. The van der Waals surface area contributed by atoms with Crippen LogP contribution in [0.25, 0.3) is 0 Å². The molecular formula is C14H21ClN2O3. The number of halogens is 1. The Hall–Kier alpha value is -1.46. The van der Waals surface area contributed by atoms with E-state index >= 15 is 0 Å². The van der Waals surface area contributed by atoms with Crippen molar-refractivity contribution in [2.24, 2.45) is 5.73 Å². The molecule has 1 aromatic carbocycles. The fourth-order valence-electron chi connectivity index (χ4n) is 2.36. The van der Waals surface area contributed by atoms with Gasteiger partial charge in [0.25, 0.3) is 5.91 Å². The van der Waals surface area contributed by atoms with Crippen LogP contribution < -0.4 is 15.2 Å². The van der Waals surface area contributed by atoms with Crippen LogP contribution in [0.3, 0.4) is 0 Å². The molecule has 1 aromatic rings. The number of likely N-dealkylation sites (tertiary alicyclic amines) is 1. The number of nitrogens with zero attached hydrogens (tertiary/aromatic N) is 1. The minimum atomic E-state index is -0.0236. The van der Waals surface area contributed by atoms with E-state index in [4.69, 9.17) is 15.2 Å². The molecule has 1 atom stereocenters. The maximum Gasteiger partial charge on any atom is 0.254 e. The van der Waals surface area contributed by atoms with Gasteiger partial charge in [-0.2, -0.15) is 0 Å². The summed E-state index contributed by atoms with van der Waals surface area (Å²) in [6, 6.07) is 3.59. The van der Waals surface area contributed by atoms with Gasteiger partial charge in [-0.05, 0) is 25.5 Å². The van der Waals surface area contributed by atoms with Crippen LogP contribution >= 0.6 is 12.4 Å². The molecule has 0 saturated carbocycles. The first kappa shape index (κ1) is 16.6. The first-order chi connectivity index (χ1) is 9.06. The van der Waals surface area contributed by atoms with Crippen molar-refractivity contribution in [2.45, 2.75) is 19.4 Å². The van der Waals surface area contributed by atoms with E-state index in [0.717, 1.165) is 12.0 Å². The highest BCUT2D eigenvalue weighted by Crippen LogP contribution is 2.30. The zero-order valence-electron chi connectivity index (χ0n) is 12.0. The van der Waals surface area contributed by atoms with E-state index in [1.54, 1.807) is 31.3 Å². The molecule has 1 fully saturated rings. The van der Waals surface area contributed by atoms with Crippen LogP contribution in [-0.2, 0) is 0 Å². The van der Waals surface area contributed by atoms with Crippen LogP contribution in [0.2, 0.25) is 0 Å². The Morgan fingerprint density at radius 1 is 1.30 bits per heavy atom. The zero-order valence-corrected chi connectivity index (χ0v) is 12.8. The lowest BCUT2D eigenvalue weighted by Gasteiger charge is -2.18. The maximum atomic E-state index is 12.4. The van der Waals surface area contributed by atoms with Gasteiger partial charge in [0.05, 0.1) is 14.2 Å². The van der Waals surface area contributed by atoms with Crippen molar-refractivity contribution in [3.05, 3.63) is 23.3 Å². The summed E-state index contributed by atoms with van der Waals surface area (Å²) in [5.41, 5.74) is 7.30. The number of hydrogen-bond acceptors (Lipinski definition) is 4. The van der Waals surface area contributed by atoms with Gasteiger partial charge in [-0.3, -0.25) is 4.79 Å². The Kier molecular flexibility index (Phi) is 5.65.